The lowest BCUT2D eigenvalue weighted by molar-refractivity contribution is 1.34. The topological polar surface area (TPSA) is 56.8 Å². The van der Waals surface area contributed by atoms with Gasteiger partial charge in [0.25, 0.3) is 0 Å². The molecule has 0 unspecified atom stereocenters. The lowest BCUT2D eigenvalue weighted by Gasteiger charge is -2.04. The number of imidazole rings is 1. The highest BCUT2D eigenvalue weighted by molar-refractivity contribution is 5.81. The molecule has 0 fully saturated rings. The number of aromatic nitrogens is 2. The zero-order chi connectivity index (χ0) is 17.2. The number of nitriles is 1. The summed E-state index contributed by atoms with van der Waals surface area (Å²) in [4.78, 5) is 11.3. The molecule has 1 aromatic heterocycles. The van der Waals surface area contributed by atoms with E-state index >= 15 is 0 Å². The van der Waals surface area contributed by atoms with Gasteiger partial charge in [0, 0.05) is 5.56 Å². The van der Waals surface area contributed by atoms with Crippen molar-refractivity contribution in [1.29, 1.82) is 5.26 Å². The maximum Gasteiger partial charge on any atom is 0.187 e. The van der Waals surface area contributed by atoms with Crippen LogP contribution in [0.25, 0.3) is 38.4 Å². The highest BCUT2D eigenvalue weighted by Crippen LogP contribution is 2.27. The molecule has 0 saturated carbocycles. The second kappa shape index (κ2) is 5.96. The molecule has 0 amide bonds. The molecule has 0 spiro atoms. The summed E-state index contributed by atoms with van der Waals surface area (Å²) in [7, 11) is 0. The van der Waals surface area contributed by atoms with Crippen LogP contribution in [-0.2, 0) is 0 Å². The van der Waals surface area contributed by atoms with Crippen LogP contribution in [0.2, 0.25) is 0 Å². The summed E-state index contributed by atoms with van der Waals surface area (Å²) in [6.07, 6.45) is 0. The highest BCUT2D eigenvalue weighted by atomic mass is 14.9. The molecule has 116 valence electrons. The molecule has 0 saturated heterocycles. The van der Waals surface area contributed by atoms with Gasteiger partial charge in [-0.05, 0) is 35.4 Å². The van der Waals surface area contributed by atoms with Crippen LogP contribution in [0.15, 0.2) is 66.7 Å². The van der Waals surface area contributed by atoms with Gasteiger partial charge in [0.2, 0.25) is 0 Å². The van der Waals surface area contributed by atoms with Crippen molar-refractivity contribution in [2.75, 3.05) is 0 Å². The molecule has 3 aromatic carbocycles. The number of rotatable bonds is 2. The minimum Gasteiger partial charge on any atom is -0.338 e. The summed E-state index contributed by atoms with van der Waals surface area (Å²) in [6.45, 7) is 7.04. The van der Waals surface area contributed by atoms with E-state index in [9.17, 15) is 0 Å². The van der Waals surface area contributed by atoms with E-state index < -0.39 is 0 Å². The van der Waals surface area contributed by atoms with Gasteiger partial charge in [0.05, 0.1) is 29.2 Å². The van der Waals surface area contributed by atoms with E-state index in [-0.39, 0.29) is 0 Å². The number of hydrogen-bond donors (Lipinski definition) is 1. The molecule has 4 heteroatoms. The first-order valence-corrected chi connectivity index (χ1v) is 7.75. The average molecular weight is 320 g/mol. The summed E-state index contributed by atoms with van der Waals surface area (Å²) in [6, 6.07) is 23.2. The van der Waals surface area contributed by atoms with E-state index in [0.717, 1.165) is 33.5 Å². The Bertz CT molecular complexity index is 1160. The number of nitrogens with zero attached hydrogens (tertiary/aromatic N) is 3. The number of fused-ring (bicyclic) bond motifs is 1. The summed E-state index contributed by atoms with van der Waals surface area (Å²) in [5.41, 5.74) is 6.01. The van der Waals surface area contributed by atoms with Gasteiger partial charge in [-0.3, -0.25) is 0 Å². The monoisotopic (exact) mass is 320 g/mol. The normalized spacial score (nSPS) is 10.3. The Labute approximate surface area is 144 Å². The molecule has 4 rings (SSSR count). The zero-order valence-corrected chi connectivity index (χ0v) is 13.2. The van der Waals surface area contributed by atoms with Gasteiger partial charge in [-0.2, -0.15) is 5.26 Å². The number of hydrogen-bond acceptors (Lipinski definition) is 2. The summed E-state index contributed by atoms with van der Waals surface area (Å²) in [5, 5.41) is 9.02. The number of nitrogens with one attached hydrogen (secondary N) is 1. The van der Waals surface area contributed by atoms with E-state index in [0.29, 0.717) is 11.3 Å². The molecule has 4 nitrogen and oxygen atoms in total. The number of aromatic amines is 1. The minimum absolute atomic E-state index is 0.608. The molecular weight excluding hydrogens is 308 g/mol. The molecule has 25 heavy (non-hydrogen) atoms. The first kappa shape index (κ1) is 14.7. The minimum atomic E-state index is 0.608. The molecule has 1 heterocycles. The van der Waals surface area contributed by atoms with Crippen molar-refractivity contribution < 1.29 is 0 Å². The molecule has 0 radical (unpaired) electrons. The fourth-order valence-electron chi connectivity index (χ4n) is 2.79. The van der Waals surface area contributed by atoms with Gasteiger partial charge in [-0.25, -0.2) is 9.83 Å². The third-order valence-corrected chi connectivity index (χ3v) is 4.08. The number of H-pyrrole nitrogens is 1. The number of benzene rings is 3. The van der Waals surface area contributed by atoms with Gasteiger partial charge < -0.3 is 4.98 Å². The van der Waals surface area contributed by atoms with Crippen LogP contribution in [0.1, 0.15) is 5.56 Å². The van der Waals surface area contributed by atoms with Crippen LogP contribution >= 0.6 is 0 Å². The Morgan fingerprint density at radius 3 is 2.48 bits per heavy atom. The Balaban J connectivity index is 1.76. The third kappa shape index (κ3) is 2.73. The smallest absolute Gasteiger partial charge is 0.187 e. The van der Waals surface area contributed by atoms with Gasteiger partial charge in [-0.1, -0.05) is 42.5 Å². The lowest BCUT2D eigenvalue weighted by Crippen LogP contribution is -1.83. The van der Waals surface area contributed by atoms with Crippen LogP contribution < -0.4 is 0 Å². The van der Waals surface area contributed by atoms with Crippen LogP contribution in [0.3, 0.4) is 0 Å². The molecule has 0 bridgehead atoms. The van der Waals surface area contributed by atoms with E-state index in [4.69, 9.17) is 11.8 Å². The Morgan fingerprint density at radius 1 is 0.920 bits per heavy atom. The molecule has 0 aliphatic carbocycles. The van der Waals surface area contributed by atoms with Gasteiger partial charge in [0.1, 0.15) is 5.82 Å². The van der Waals surface area contributed by atoms with Crippen molar-refractivity contribution in [1.82, 2.24) is 9.97 Å². The van der Waals surface area contributed by atoms with Gasteiger partial charge >= 0.3 is 0 Å². The van der Waals surface area contributed by atoms with Crippen LogP contribution in [0.5, 0.6) is 0 Å². The van der Waals surface area contributed by atoms with Crippen molar-refractivity contribution in [3.8, 4) is 28.6 Å². The first-order chi connectivity index (χ1) is 12.3. The van der Waals surface area contributed by atoms with Crippen molar-refractivity contribution >= 4 is 16.7 Å². The summed E-state index contributed by atoms with van der Waals surface area (Å²) >= 11 is 0. The van der Waals surface area contributed by atoms with E-state index in [2.05, 4.69) is 26.9 Å². The second-order valence-corrected chi connectivity index (χ2v) is 5.67. The highest BCUT2D eigenvalue weighted by Gasteiger charge is 2.07. The van der Waals surface area contributed by atoms with Crippen LogP contribution in [0.4, 0.5) is 5.69 Å². The molecule has 0 aliphatic heterocycles. The fraction of sp³-hybridized carbons (Fsp3) is 0. The van der Waals surface area contributed by atoms with Gasteiger partial charge in [0.15, 0.2) is 5.69 Å². The van der Waals surface area contributed by atoms with Crippen LogP contribution in [-0.4, -0.2) is 9.97 Å². The molecule has 1 N–H and O–H groups in total. The largest absolute Gasteiger partial charge is 0.338 e. The van der Waals surface area contributed by atoms with Crippen molar-refractivity contribution in [2.24, 2.45) is 0 Å². The molecule has 0 atom stereocenters. The molecule has 4 aromatic rings. The van der Waals surface area contributed by atoms with Crippen LogP contribution in [0, 0.1) is 17.9 Å². The average Bonchev–Trinajstić information content (AvgIpc) is 3.11. The van der Waals surface area contributed by atoms with E-state index in [1.165, 1.54) is 0 Å². The second-order valence-electron chi connectivity index (χ2n) is 5.67. The Morgan fingerprint density at radius 2 is 1.72 bits per heavy atom. The van der Waals surface area contributed by atoms with Crippen molar-refractivity contribution in [2.45, 2.75) is 0 Å². The van der Waals surface area contributed by atoms with E-state index in [1.807, 2.05) is 48.5 Å². The van der Waals surface area contributed by atoms with Crippen molar-refractivity contribution in [3.05, 3.63) is 83.7 Å². The SMILES string of the molecule is [C-]#[N+]c1ccc(-c2cccc(-c3nc4ccc(C#N)cc4[nH]3)c2)cc1. The maximum atomic E-state index is 9.02. The van der Waals surface area contributed by atoms with Crippen molar-refractivity contribution in [3.63, 3.8) is 0 Å². The van der Waals surface area contributed by atoms with Gasteiger partial charge in [-0.15, -0.1) is 0 Å². The molecule has 0 aliphatic rings. The Kier molecular flexibility index (Phi) is 3.50. The lowest BCUT2D eigenvalue weighted by atomic mass is 10.0. The fourth-order valence-corrected chi connectivity index (χ4v) is 2.79. The predicted octanol–water partition coefficient (Wildman–Crippen LogP) is 5.32. The van der Waals surface area contributed by atoms with E-state index in [1.54, 1.807) is 12.1 Å². The maximum absolute atomic E-state index is 9.02. The Hall–Kier alpha value is -3.89. The molecular formula is C21H12N4. The summed E-state index contributed by atoms with van der Waals surface area (Å²) < 4.78 is 0. The quantitative estimate of drug-likeness (QED) is 0.508. The zero-order valence-electron chi connectivity index (χ0n) is 13.2. The summed E-state index contributed by atoms with van der Waals surface area (Å²) in [5.74, 6) is 0.768. The third-order valence-electron chi connectivity index (χ3n) is 4.08. The standard InChI is InChI=1S/C21H12N4/c1-23-18-8-6-15(7-9-18)16-3-2-4-17(12-16)21-24-19-10-5-14(13-22)11-20(19)25-21/h2-12H,(H,24,25). The predicted molar refractivity (Wildman–Crippen MR) is 97.9 cm³/mol. The first-order valence-electron chi connectivity index (χ1n) is 7.75.